The summed E-state index contributed by atoms with van der Waals surface area (Å²) in [5, 5.41) is 14.1. The maximum Gasteiger partial charge on any atom is 0.472 e. The molecule has 0 rings (SSSR count). The number of aliphatic hydroxyl groups excluding tert-OH is 1. The van der Waals surface area contributed by atoms with Gasteiger partial charge in [0.2, 0.25) is 5.91 Å². The Balaban J connectivity index is 4.21. The van der Waals surface area contributed by atoms with Crippen molar-refractivity contribution in [3.8, 4) is 0 Å². The molecular formula is C76H132N2O6P+. The van der Waals surface area contributed by atoms with Gasteiger partial charge in [-0.2, -0.15) is 0 Å². The number of quaternary nitrogens is 1. The van der Waals surface area contributed by atoms with E-state index >= 15 is 0 Å². The molecule has 0 radical (unpaired) electrons. The van der Waals surface area contributed by atoms with Crippen molar-refractivity contribution in [2.45, 2.75) is 289 Å². The van der Waals surface area contributed by atoms with Crippen LogP contribution in [-0.2, 0) is 18.4 Å². The highest BCUT2D eigenvalue weighted by molar-refractivity contribution is 7.47. The lowest BCUT2D eigenvalue weighted by Gasteiger charge is -2.26. The topological polar surface area (TPSA) is 105 Å². The molecule has 0 fully saturated rings. The highest BCUT2D eigenvalue weighted by atomic mass is 31.2. The van der Waals surface area contributed by atoms with Crippen molar-refractivity contribution in [1.82, 2.24) is 5.32 Å². The van der Waals surface area contributed by atoms with E-state index < -0.39 is 20.0 Å². The monoisotopic (exact) mass is 1200 g/mol. The Labute approximate surface area is 525 Å². The van der Waals surface area contributed by atoms with Gasteiger partial charge in [-0.05, 0) is 103 Å². The molecule has 0 spiro atoms. The van der Waals surface area contributed by atoms with E-state index in [1.807, 2.05) is 21.1 Å². The highest BCUT2D eigenvalue weighted by Crippen LogP contribution is 2.43. The Morgan fingerprint density at radius 2 is 0.706 bits per heavy atom. The first kappa shape index (κ1) is 81.4. The lowest BCUT2D eigenvalue weighted by Crippen LogP contribution is -2.46. The average molecular weight is 1200 g/mol. The van der Waals surface area contributed by atoms with Gasteiger partial charge in [-0.25, -0.2) is 4.57 Å². The zero-order valence-electron chi connectivity index (χ0n) is 55.5. The quantitative estimate of drug-likeness (QED) is 0.0243. The summed E-state index contributed by atoms with van der Waals surface area (Å²) in [5.41, 5.74) is 0. The van der Waals surface area contributed by atoms with Crippen LogP contribution in [0, 0.1) is 0 Å². The summed E-state index contributed by atoms with van der Waals surface area (Å²) < 4.78 is 23.8. The minimum absolute atomic E-state index is 0.0588. The van der Waals surface area contributed by atoms with Crippen LogP contribution in [-0.4, -0.2) is 73.4 Å². The van der Waals surface area contributed by atoms with Gasteiger partial charge in [-0.3, -0.25) is 13.8 Å². The SMILES string of the molecule is CC/C=C\C/C=C\C/C=C\C/C=C\C/C=C\C/C=C\C/C=C\C/C=C\C/C=C\C/C=C\C/C=C\C/C=C\CCCCC(=O)NC(COP(=O)(O)OCC[N+](C)(C)C)C(O)CCCCCCCCCCCCCCCCCCCCCCCCCC. The van der Waals surface area contributed by atoms with Crippen molar-refractivity contribution in [2.75, 3.05) is 40.9 Å². The van der Waals surface area contributed by atoms with Gasteiger partial charge >= 0.3 is 7.82 Å². The fourth-order valence-corrected chi connectivity index (χ4v) is 10.2. The molecule has 3 N–H and O–H groups in total. The number of aliphatic hydroxyl groups is 1. The van der Waals surface area contributed by atoms with Crippen LogP contribution in [0.1, 0.15) is 277 Å². The second kappa shape index (κ2) is 64.8. The number of unbranched alkanes of at least 4 members (excludes halogenated alkanes) is 25. The predicted molar refractivity (Wildman–Crippen MR) is 373 cm³/mol. The highest BCUT2D eigenvalue weighted by Gasteiger charge is 2.28. The van der Waals surface area contributed by atoms with Crippen LogP contribution in [0.5, 0.6) is 0 Å². The maximum atomic E-state index is 13.0. The molecule has 0 saturated carbocycles. The molecule has 85 heavy (non-hydrogen) atoms. The first-order valence-corrected chi connectivity index (χ1v) is 36.2. The first-order chi connectivity index (χ1) is 41.5. The minimum atomic E-state index is -4.35. The first-order valence-electron chi connectivity index (χ1n) is 34.7. The predicted octanol–water partition coefficient (Wildman–Crippen LogP) is 22.4. The standard InChI is InChI=1S/C76H131N2O6P/c1-6-8-10-12-14-16-18-20-22-24-26-28-30-32-33-34-35-36-37-38-39-40-41-42-43-44-45-46-48-50-52-54-56-58-60-62-64-66-68-70-76(80)77-74(73-84-85(81,82)83-72-71-78(3,4)5)75(79)69-67-65-63-61-59-57-55-53-51-49-47-31-29-27-25-23-21-19-17-15-13-11-9-7-2/h8,10,14,16,20,22,26,28,32-33,35-36,38-39,41-42,44-45,48,50,54,56,60,62,74-75,79H,6-7,9,11-13,15,17-19,21,23-25,27,29-31,34,37,40,43,46-47,49,51-53,55,57-59,61,63-73H2,1-5H3,(H-,77,80,81,82)/p+1/b10-8-,16-14-,22-20-,28-26-,33-32-,36-35-,39-38-,42-41-,45-44-,50-48-,56-54-,62-60-. The molecule has 0 aliphatic heterocycles. The number of allylic oxidation sites excluding steroid dienone is 24. The zero-order valence-corrected chi connectivity index (χ0v) is 56.4. The van der Waals surface area contributed by atoms with Gasteiger partial charge in [0, 0.05) is 6.42 Å². The van der Waals surface area contributed by atoms with Gasteiger partial charge in [0.05, 0.1) is 39.9 Å². The van der Waals surface area contributed by atoms with Crippen LogP contribution in [0.4, 0.5) is 0 Å². The van der Waals surface area contributed by atoms with Crippen LogP contribution in [0.15, 0.2) is 146 Å². The number of carbonyl (C=O) groups excluding carboxylic acids is 1. The number of phosphoric ester groups is 1. The Kier molecular flexibility index (Phi) is 62.1. The minimum Gasteiger partial charge on any atom is -0.391 e. The number of hydrogen-bond donors (Lipinski definition) is 3. The Morgan fingerprint density at radius 3 is 1.01 bits per heavy atom. The van der Waals surface area contributed by atoms with Gasteiger partial charge in [0.1, 0.15) is 13.2 Å². The van der Waals surface area contributed by atoms with Crippen molar-refractivity contribution in [1.29, 1.82) is 0 Å². The number of hydrogen-bond acceptors (Lipinski definition) is 5. The molecule has 486 valence electrons. The van der Waals surface area contributed by atoms with Crippen LogP contribution in [0.2, 0.25) is 0 Å². The van der Waals surface area contributed by atoms with Crippen molar-refractivity contribution in [2.24, 2.45) is 0 Å². The summed E-state index contributed by atoms with van der Waals surface area (Å²) in [4.78, 5) is 23.4. The number of rotatable bonds is 62. The molecule has 1 amide bonds. The third-order valence-corrected chi connectivity index (χ3v) is 15.8. The van der Waals surface area contributed by atoms with E-state index in [0.717, 1.165) is 109 Å². The summed E-state index contributed by atoms with van der Waals surface area (Å²) in [5.74, 6) is -0.189. The maximum absolute atomic E-state index is 13.0. The number of nitrogens with one attached hydrogen (secondary N) is 1. The molecule has 0 aromatic carbocycles. The molecule has 3 unspecified atom stereocenters. The summed E-state index contributed by atoms with van der Waals surface area (Å²) in [6.07, 6.45) is 99.4. The van der Waals surface area contributed by atoms with Gasteiger partial charge in [-0.1, -0.05) is 314 Å². The summed E-state index contributed by atoms with van der Waals surface area (Å²) in [6.45, 7) is 4.75. The molecule has 9 heteroatoms. The lowest BCUT2D eigenvalue weighted by atomic mass is 10.0. The van der Waals surface area contributed by atoms with Crippen molar-refractivity contribution >= 4 is 13.7 Å². The second-order valence-corrected chi connectivity index (χ2v) is 25.6. The molecular weight excluding hydrogens is 1070 g/mol. The number of carbonyl (C=O) groups is 1. The van der Waals surface area contributed by atoms with Gasteiger partial charge in [0.25, 0.3) is 0 Å². The van der Waals surface area contributed by atoms with E-state index in [0.29, 0.717) is 30.3 Å². The Bertz CT molecular complexity index is 1900. The molecule has 0 aromatic rings. The third-order valence-electron chi connectivity index (χ3n) is 14.9. The zero-order chi connectivity index (χ0) is 61.9. The van der Waals surface area contributed by atoms with E-state index in [4.69, 9.17) is 9.05 Å². The summed E-state index contributed by atoms with van der Waals surface area (Å²) in [7, 11) is 1.57. The number of phosphoric acid groups is 1. The molecule has 0 heterocycles. The molecule has 3 atom stereocenters. The van der Waals surface area contributed by atoms with Crippen molar-refractivity contribution in [3.05, 3.63) is 146 Å². The number of likely N-dealkylation sites (N-methyl/N-ethyl adjacent to an activating group) is 1. The Hall–Kier alpha value is -3.62. The summed E-state index contributed by atoms with van der Waals surface area (Å²) >= 11 is 0. The van der Waals surface area contributed by atoms with E-state index in [9.17, 15) is 19.4 Å². The third kappa shape index (κ3) is 67.7. The molecule has 8 nitrogen and oxygen atoms in total. The molecule has 0 aromatic heterocycles. The molecule has 0 aliphatic carbocycles. The van der Waals surface area contributed by atoms with E-state index in [1.165, 1.54) is 135 Å². The van der Waals surface area contributed by atoms with E-state index in [-0.39, 0.29) is 19.1 Å². The Morgan fingerprint density at radius 1 is 0.412 bits per heavy atom. The average Bonchev–Trinajstić information content (AvgIpc) is 3.49. The van der Waals surface area contributed by atoms with Crippen LogP contribution < -0.4 is 5.32 Å². The van der Waals surface area contributed by atoms with Gasteiger partial charge in [-0.15, -0.1) is 0 Å². The van der Waals surface area contributed by atoms with Gasteiger partial charge in [0.15, 0.2) is 0 Å². The molecule has 0 saturated heterocycles. The van der Waals surface area contributed by atoms with Gasteiger partial charge < -0.3 is 19.8 Å². The van der Waals surface area contributed by atoms with Crippen molar-refractivity contribution < 1.29 is 32.9 Å². The normalized spacial score (nSPS) is 14.6. The molecule has 0 aliphatic rings. The fourth-order valence-electron chi connectivity index (χ4n) is 9.50. The fraction of sp³-hybridized carbons (Fsp3) is 0.671. The molecule has 0 bridgehead atoms. The lowest BCUT2D eigenvalue weighted by molar-refractivity contribution is -0.870. The smallest absolute Gasteiger partial charge is 0.391 e. The summed E-state index contributed by atoms with van der Waals surface area (Å²) in [6, 6.07) is -0.797. The van der Waals surface area contributed by atoms with Crippen molar-refractivity contribution in [3.63, 3.8) is 0 Å². The largest absolute Gasteiger partial charge is 0.472 e. The number of nitrogens with zero attached hydrogens (tertiary/aromatic N) is 1. The van der Waals surface area contributed by atoms with Crippen LogP contribution in [0.25, 0.3) is 0 Å². The number of amides is 1. The van der Waals surface area contributed by atoms with E-state index in [2.05, 4.69) is 165 Å². The second-order valence-electron chi connectivity index (χ2n) is 24.2. The van der Waals surface area contributed by atoms with Crippen LogP contribution >= 0.6 is 7.82 Å². The van der Waals surface area contributed by atoms with E-state index in [1.54, 1.807) is 0 Å². The van der Waals surface area contributed by atoms with Crippen LogP contribution in [0.3, 0.4) is 0 Å².